The Morgan fingerprint density at radius 2 is 1.53 bits per heavy atom. The lowest BCUT2D eigenvalue weighted by atomic mass is 9.78. The first-order valence-electron chi connectivity index (χ1n) is 12.9. The van der Waals surface area contributed by atoms with E-state index in [0.717, 1.165) is 35.3 Å². The number of benzene rings is 4. The van der Waals surface area contributed by atoms with Gasteiger partial charge >= 0.3 is 0 Å². The van der Waals surface area contributed by atoms with Gasteiger partial charge in [-0.1, -0.05) is 72.3 Å². The Balaban J connectivity index is 1.41. The standard InChI is InChI=1S/C33H32O4S/c1-23-8-16-29(17-9-23)38(34,35)37-21-20-25-10-12-26(13-11-25)33-31-19-15-28(36-3)22-27(31)14-18-32(33)30-7-5-4-6-24(30)2/h4-13,15-17,19,22H,14,18,20-21H2,1-3H3. The Hall–Kier alpha value is -3.67. The summed E-state index contributed by atoms with van der Waals surface area (Å²) in [5.41, 5.74) is 10.8. The summed E-state index contributed by atoms with van der Waals surface area (Å²) in [4.78, 5) is 0.182. The summed E-state index contributed by atoms with van der Waals surface area (Å²) in [5.74, 6) is 0.873. The Kier molecular flexibility index (Phi) is 7.50. The molecule has 5 rings (SSSR count). The van der Waals surface area contributed by atoms with Gasteiger partial charge in [0.15, 0.2) is 0 Å². The zero-order chi connectivity index (χ0) is 26.7. The first kappa shape index (κ1) is 26.0. The number of hydrogen-bond acceptors (Lipinski definition) is 4. The van der Waals surface area contributed by atoms with Gasteiger partial charge in [0.05, 0.1) is 18.6 Å². The molecule has 0 heterocycles. The molecule has 0 aliphatic heterocycles. The molecule has 0 atom stereocenters. The van der Waals surface area contributed by atoms with E-state index in [-0.39, 0.29) is 11.5 Å². The Morgan fingerprint density at radius 1 is 0.789 bits per heavy atom. The predicted molar refractivity (Wildman–Crippen MR) is 153 cm³/mol. The van der Waals surface area contributed by atoms with Crippen molar-refractivity contribution in [2.45, 2.75) is 38.0 Å². The van der Waals surface area contributed by atoms with Crippen molar-refractivity contribution in [2.75, 3.05) is 13.7 Å². The first-order valence-corrected chi connectivity index (χ1v) is 14.3. The van der Waals surface area contributed by atoms with Gasteiger partial charge < -0.3 is 4.74 Å². The average Bonchev–Trinajstić information content (AvgIpc) is 2.93. The number of fused-ring (bicyclic) bond motifs is 1. The molecule has 0 N–H and O–H groups in total. The van der Waals surface area contributed by atoms with E-state index in [1.165, 1.54) is 33.4 Å². The maximum absolute atomic E-state index is 12.5. The van der Waals surface area contributed by atoms with Crippen LogP contribution in [0.4, 0.5) is 0 Å². The molecule has 4 aromatic rings. The van der Waals surface area contributed by atoms with E-state index in [1.807, 2.05) is 13.0 Å². The van der Waals surface area contributed by atoms with Crippen molar-refractivity contribution in [3.8, 4) is 5.75 Å². The average molecular weight is 525 g/mol. The topological polar surface area (TPSA) is 52.6 Å². The van der Waals surface area contributed by atoms with Crippen LogP contribution in [0.3, 0.4) is 0 Å². The van der Waals surface area contributed by atoms with Crippen LogP contribution in [-0.4, -0.2) is 22.1 Å². The molecule has 0 radical (unpaired) electrons. The minimum absolute atomic E-state index is 0.0926. The minimum atomic E-state index is -3.77. The highest BCUT2D eigenvalue weighted by Crippen LogP contribution is 2.42. The summed E-state index contributed by atoms with van der Waals surface area (Å²) >= 11 is 0. The second kappa shape index (κ2) is 11.0. The third kappa shape index (κ3) is 5.45. The molecule has 0 spiro atoms. The molecule has 1 aliphatic carbocycles. The third-order valence-electron chi connectivity index (χ3n) is 7.18. The fourth-order valence-corrected chi connectivity index (χ4v) is 5.99. The van der Waals surface area contributed by atoms with Crippen LogP contribution in [0.25, 0.3) is 11.1 Å². The second-order valence-electron chi connectivity index (χ2n) is 9.73. The molecule has 0 unspecified atom stereocenters. The van der Waals surface area contributed by atoms with Gasteiger partial charge in [0.25, 0.3) is 10.1 Å². The van der Waals surface area contributed by atoms with Crippen LogP contribution in [0.1, 0.15) is 45.4 Å². The van der Waals surface area contributed by atoms with Gasteiger partial charge in [-0.15, -0.1) is 0 Å². The number of rotatable bonds is 8. The lowest BCUT2D eigenvalue weighted by Gasteiger charge is -2.26. The largest absolute Gasteiger partial charge is 0.497 e. The second-order valence-corrected chi connectivity index (χ2v) is 11.3. The fourth-order valence-electron chi connectivity index (χ4n) is 5.09. The fraction of sp³-hybridized carbons (Fsp3) is 0.212. The van der Waals surface area contributed by atoms with Gasteiger partial charge in [0.1, 0.15) is 5.75 Å². The number of hydrogen-bond donors (Lipinski definition) is 0. The highest BCUT2D eigenvalue weighted by molar-refractivity contribution is 7.86. The maximum Gasteiger partial charge on any atom is 0.296 e. The van der Waals surface area contributed by atoms with Gasteiger partial charge in [0.2, 0.25) is 0 Å². The third-order valence-corrected chi connectivity index (χ3v) is 8.51. The quantitative estimate of drug-likeness (QED) is 0.229. The summed E-state index contributed by atoms with van der Waals surface area (Å²) in [7, 11) is -2.07. The normalized spacial score (nSPS) is 13.3. The smallest absolute Gasteiger partial charge is 0.296 e. The number of ether oxygens (including phenoxy) is 1. The zero-order valence-corrected chi connectivity index (χ0v) is 22.8. The van der Waals surface area contributed by atoms with E-state index in [0.29, 0.717) is 6.42 Å². The monoisotopic (exact) mass is 524 g/mol. The minimum Gasteiger partial charge on any atom is -0.497 e. The van der Waals surface area contributed by atoms with Crippen LogP contribution < -0.4 is 4.74 Å². The van der Waals surface area contributed by atoms with Crippen LogP contribution in [0.15, 0.2) is 95.9 Å². The Labute approximate surface area is 225 Å². The molecule has 0 saturated carbocycles. The van der Waals surface area contributed by atoms with Crippen molar-refractivity contribution < 1.29 is 17.3 Å². The van der Waals surface area contributed by atoms with Crippen LogP contribution >= 0.6 is 0 Å². The van der Waals surface area contributed by atoms with Crippen molar-refractivity contribution in [1.82, 2.24) is 0 Å². The zero-order valence-electron chi connectivity index (χ0n) is 22.0. The maximum atomic E-state index is 12.5. The van der Waals surface area contributed by atoms with E-state index >= 15 is 0 Å². The molecule has 38 heavy (non-hydrogen) atoms. The molecular weight excluding hydrogens is 492 g/mol. The predicted octanol–water partition coefficient (Wildman–Crippen LogP) is 7.17. The van der Waals surface area contributed by atoms with Crippen LogP contribution in [-0.2, 0) is 27.1 Å². The molecule has 4 aromatic carbocycles. The molecule has 4 nitrogen and oxygen atoms in total. The highest BCUT2D eigenvalue weighted by atomic mass is 32.2. The summed E-state index contributed by atoms with van der Waals surface area (Å²) in [6.45, 7) is 4.18. The number of methoxy groups -OCH3 is 1. The van der Waals surface area contributed by atoms with E-state index in [4.69, 9.17) is 8.92 Å². The Morgan fingerprint density at radius 3 is 2.24 bits per heavy atom. The molecule has 0 aromatic heterocycles. The van der Waals surface area contributed by atoms with E-state index in [9.17, 15) is 8.42 Å². The van der Waals surface area contributed by atoms with Gasteiger partial charge in [-0.3, -0.25) is 4.18 Å². The van der Waals surface area contributed by atoms with E-state index in [2.05, 4.69) is 67.6 Å². The van der Waals surface area contributed by atoms with Crippen LogP contribution in [0, 0.1) is 13.8 Å². The highest BCUT2D eigenvalue weighted by Gasteiger charge is 2.23. The summed E-state index contributed by atoms with van der Waals surface area (Å²) in [5, 5.41) is 0. The van der Waals surface area contributed by atoms with Crippen molar-refractivity contribution >= 4 is 21.3 Å². The number of aryl methyl sites for hydroxylation is 3. The molecule has 0 amide bonds. The summed E-state index contributed by atoms with van der Waals surface area (Å²) < 4.78 is 35.8. The van der Waals surface area contributed by atoms with Crippen molar-refractivity contribution in [2.24, 2.45) is 0 Å². The number of allylic oxidation sites excluding steroid dienone is 1. The van der Waals surface area contributed by atoms with Crippen molar-refractivity contribution in [3.63, 3.8) is 0 Å². The van der Waals surface area contributed by atoms with E-state index in [1.54, 1.807) is 31.4 Å². The summed E-state index contributed by atoms with van der Waals surface area (Å²) in [6.07, 6.45) is 2.42. The molecule has 0 fully saturated rings. The molecule has 1 aliphatic rings. The molecular formula is C33H32O4S. The van der Waals surface area contributed by atoms with E-state index < -0.39 is 10.1 Å². The lowest BCUT2D eigenvalue weighted by Crippen LogP contribution is -2.09. The summed E-state index contributed by atoms with van der Waals surface area (Å²) in [6, 6.07) is 30.0. The lowest BCUT2D eigenvalue weighted by molar-refractivity contribution is 0.322. The Bertz CT molecular complexity index is 1580. The molecule has 194 valence electrons. The van der Waals surface area contributed by atoms with Crippen molar-refractivity contribution in [1.29, 1.82) is 0 Å². The van der Waals surface area contributed by atoms with Gasteiger partial charge in [-0.05, 0) is 102 Å². The van der Waals surface area contributed by atoms with Crippen LogP contribution in [0.2, 0.25) is 0 Å². The first-order chi connectivity index (χ1) is 18.4. The van der Waals surface area contributed by atoms with Gasteiger partial charge in [0, 0.05) is 0 Å². The van der Waals surface area contributed by atoms with Crippen LogP contribution in [0.5, 0.6) is 5.75 Å². The van der Waals surface area contributed by atoms with Gasteiger partial charge in [-0.2, -0.15) is 8.42 Å². The van der Waals surface area contributed by atoms with Gasteiger partial charge in [-0.25, -0.2) is 0 Å². The molecule has 0 saturated heterocycles. The van der Waals surface area contributed by atoms with Crippen molar-refractivity contribution in [3.05, 3.63) is 130 Å². The molecule has 5 heteroatoms. The SMILES string of the molecule is COc1ccc2c(c1)CCC(c1ccccc1C)=C2c1ccc(CCOS(=O)(=O)c2ccc(C)cc2)cc1. The molecule has 0 bridgehead atoms.